The van der Waals surface area contributed by atoms with E-state index in [9.17, 15) is 10.1 Å². The molecule has 0 saturated heterocycles. The van der Waals surface area contributed by atoms with Gasteiger partial charge >= 0.3 is 5.88 Å². The van der Waals surface area contributed by atoms with E-state index in [4.69, 9.17) is 9.68 Å². The lowest BCUT2D eigenvalue weighted by atomic mass is 10.3. The Kier molecular flexibility index (Phi) is 3.42. The van der Waals surface area contributed by atoms with Crippen LogP contribution in [0.1, 0.15) is 12.7 Å². The minimum atomic E-state index is -0.586. The van der Waals surface area contributed by atoms with Gasteiger partial charge in [0.1, 0.15) is 10.7 Å². The highest BCUT2D eigenvalue weighted by atomic mass is 16.6. The highest BCUT2D eigenvalue weighted by Gasteiger charge is 2.15. The first-order chi connectivity index (χ1) is 7.04. The Labute approximate surface area is 86.9 Å². The number of hydrogen-bond acceptors (Lipinski definition) is 5. The normalized spacial score (nSPS) is 12.4. The van der Waals surface area contributed by atoms with E-state index >= 15 is 0 Å². The molecule has 0 aliphatic carbocycles. The Hall–Kier alpha value is -1.87. The number of nitriles is 1. The summed E-state index contributed by atoms with van der Waals surface area (Å²) in [4.78, 5) is 11.5. The van der Waals surface area contributed by atoms with Crippen LogP contribution in [0, 0.1) is 21.4 Å². The van der Waals surface area contributed by atoms with Crippen LogP contribution in [0.3, 0.4) is 0 Å². The van der Waals surface area contributed by atoms with Crippen LogP contribution >= 0.6 is 0 Å². The lowest BCUT2D eigenvalue weighted by Gasteiger charge is -2.16. The third-order valence-corrected chi connectivity index (χ3v) is 2.08. The van der Waals surface area contributed by atoms with Gasteiger partial charge < -0.3 is 4.42 Å². The summed E-state index contributed by atoms with van der Waals surface area (Å²) in [7, 11) is 1.75. The van der Waals surface area contributed by atoms with E-state index in [1.807, 2.05) is 0 Å². The fraction of sp³-hybridized carbons (Fsp3) is 0.444. The summed E-state index contributed by atoms with van der Waals surface area (Å²) in [5, 5.41) is 19.0. The van der Waals surface area contributed by atoms with Crippen LogP contribution in [0.5, 0.6) is 0 Å². The molecule has 0 bridgehead atoms. The van der Waals surface area contributed by atoms with Crippen molar-refractivity contribution in [2.24, 2.45) is 0 Å². The van der Waals surface area contributed by atoms with Crippen LogP contribution in [0.2, 0.25) is 0 Å². The van der Waals surface area contributed by atoms with Crippen LogP contribution in [0.25, 0.3) is 0 Å². The smallest absolute Gasteiger partial charge is 0.404 e. The third-order valence-electron chi connectivity index (χ3n) is 2.08. The molecule has 0 saturated carbocycles. The van der Waals surface area contributed by atoms with Crippen molar-refractivity contribution in [1.29, 1.82) is 5.26 Å². The summed E-state index contributed by atoms with van der Waals surface area (Å²) in [6.45, 7) is 2.12. The quantitative estimate of drug-likeness (QED) is 0.554. The van der Waals surface area contributed by atoms with Crippen molar-refractivity contribution in [3.05, 3.63) is 28.0 Å². The molecule has 6 nitrogen and oxygen atoms in total. The Morgan fingerprint density at radius 3 is 2.87 bits per heavy atom. The molecule has 6 heteroatoms. The van der Waals surface area contributed by atoms with E-state index in [1.165, 1.54) is 6.07 Å². The molecule has 1 aromatic rings. The molecule has 1 aromatic heterocycles. The second-order valence-corrected chi connectivity index (χ2v) is 3.22. The van der Waals surface area contributed by atoms with Crippen molar-refractivity contribution >= 4 is 5.88 Å². The van der Waals surface area contributed by atoms with Gasteiger partial charge in [-0.3, -0.25) is 15.0 Å². The minimum absolute atomic E-state index is 0.255. The molecule has 0 aliphatic rings. The first-order valence-electron chi connectivity index (χ1n) is 4.37. The average Bonchev–Trinajstić information content (AvgIpc) is 2.65. The van der Waals surface area contributed by atoms with E-state index in [1.54, 1.807) is 24.9 Å². The van der Waals surface area contributed by atoms with Crippen molar-refractivity contribution in [3.8, 4) is 6.07 Å². The molecule has 1 heterocycles. The molecule has 0 spiro atoms. The lowest BCUT2D eigenvalue weighted by molar-refractivity contribution is -0.402. The van der Waals surface area contributed by atoms with Crippen LogP contribution in [-0.2, 0) is 6.54 Å². The molecule has 0 radical (unpaired) electrons. The van der Waals surface area contributed by atoms with Crippen molar-refractivity contribution in [1.82, 2.24) is 4.90 Å². The fourth-order valence-electron chi connectivity index (χ4n) is 1.03. The summed E-state index contributed by atoms with van der Waals surface area (Å²) >= 11 is 0. The Morgan fingerprint density at radius 1 is 1.73 bits per heavy atom. The summed E-state index contributed by atoms with van der Waals surface area (Å²) in [6.07, 6.45) is 0. The monoisotopic (exact) mass is 209 g/mol. The first kappa shape index (κ1) is 11.2. The molecule has 0 aliphatic heterocycles. The molecule has 1 rings (SSSR count). The van der Waals surface area contributed by atoms with Crippen LogP contribution in [-0.4, -0.2) is 22.9 Å². The number of nitro groups is 1. The van der Waals surface area contributed by atoms with Gasteiger partial charge in [-0.1, -0.05) is 0 Å². The maximum absolute atomic E-state index is 10.3. The van der Waals surface area contributed by atoms with Gasteiger partial charge in [-0.2, -0.15) is 5.26 Å². The average molecular weight is 209 g/mol. The van der Waals surface area contributed by atoms with E-state index in [0.717, 1.165) is 0 Å². The largest absolute Gasteiger partial charge is 0.433 e. The molecule has 0 amide bonds. The van der Waals surface area contributed by atoms with Crippen LogP contribution in [0.15, 0.2) is 16.5 Å². The number of hydrogen-bond donors (Lipinski definition) is 0. The third kappa shape index (κ3) is 2.79. The molecule has 1 atom stereocenters. The predicted octanol–water partition coefficient (Wildman–Crippen LogP) is 1.53. The fourth-order valence-corrected chi connectivity index (χ4v) is 1.03. The maximum Gasteiger partial charge on any atom is 0.433 e. The number of rotatable bonds is 4. The van der Waals surface area contributed by atoms with Gasteiger partial charge in [-0.25, -0.2) is 0 Å². The number of nitrogens with zero attached hydrogens (tertiary/aromatic N) is 3. The molecular formula is C9H11N3O3. The Morgan fingerprint density at radius 2 is 2.40 bits per heavy atom. The highest BCUT2D eigenvalue weighted by Crippen LogP contribution is 2.17. The van der Waals surface area contributed by atoms with E-state index in [-0.39, 0.29) is 11.9 Å². The van der Waals surface area contributed by atoms with Gasteiger partial charge in [-0.05, 0) is 20.0 Å². The van der Waals surface area contributed by atoms with Gasteiger partial charge in [0.15, 0.2) is 0 Å². The topological polar surface area (TPSA) is 83.3 Å². The maximum atomic E-state index is 10.3. The minimum Gasteiger partial charge on any atom is -0.404 e. The van der Waals surface area contributed by atoms with Crippen molar-refractivity contribution in [2.75, 3.05) is 7.05 Å². The first-order valence-corrected chi connectivity index (χ1v) is 4.37. The van der Waals surface area contributed by atoms with E-state index < -0.39 is 4.92 Å². The van der Waals surface area contributed by atoms with Gasteiger partial charge in [0.2, 0.25) is 0 Å². The zero-order chi connectivity index (χ0) is 11.4. The van der Waals surface area contributed by atoms with Crippen LogP contribution in [0.4, 0.5) is 5.88 Å². The Bertz CT molecular complexity index is 394. The second-order valence-electron chi connectivity index (χ2n) is 3.22. The number of furan rings is 1. The molecule has 80 valence electrons. The SMILES string of the molecule is CC(C#N)N(C)Cc1ccc([N+](=O)[O-])o1. The van der Waals surface area contributed by atoms with Gasteiger partial charge in [0, 0.05) is 0 Å². The molecule has 15 heavy (non-hydrogen) atoms. The highest BCUT2D eigenvalue weighted by molar-refractivity contribution is 5.17. The standard InChI is InChI=1S/C9H11N3O3/c1-7(5-10)11(2)6-8-3-4-9(15-8)12(13)14/h3-4,7H,6H2,1-2H3. The zero-order valence-corrected chi connectivity index (χ0v) is 8.51. The second kappa shape index (κ2) is 4.57. The summed E-state index contributed by atoms with van der Waals surface area (Å²) < 4.78 is 4.96. The summed E-state index contributed by atoms with van der Waals surface area (Å²) in [5.74, 6) is 0.203. The van der Waals surface area contributed by atoms with E-state index in [0.29, 0.717) is 12.3 Å². The molecule has 0 aromatic carbocycles. The summed E-state index contributed by atoms with van der Waals surface area (Å²) in [5.41, 5.74) is 0. The van der Waals surface area contributed by atoms with Gasteiger partial charge in [-0.15, -0.1) is 0 Å². The molecular weight excluding hydrogens is 198 g/mol. The molecule has 0 fully saturated rings. The summed E-state index contributed by atoms with van der Waals surface area (Å²) in [6, 6.07) is 4.66. The van der Waals surface area contributed by atoms with E-state index in [2.05, 4.69) is 6.07 Å². The lowest BCUT2D eigenvalue weighted by Crippen LogP contribution is -2.26. The van der Waals surface area contributed by atoms with Crippen molar-refractivity contribution < 1.29 is 9.34 Å². The molecule has 1 unspecified atom stereocenters. The predicted molar refractivity (Wildman–Crippen MR) is 51.9 cm³/mol. The zero-order valence-electron chi connectivity index (χ0n) is 8.51. The Balaban J connectivity index is 2.66. The van der Waals surface area contributed by atoms with Gasteiger partial charge in [0.25, 0.3) is 0 Å². The molecule has 0 N–H and O–H groups in total. The van der Waals surface area contributed by atoms with Gasteiger partial charge in [0.05, 0.1) is 24.7 Å². The van der Waals surface area contributed by atoms with Crippen LogP contribution < -0.4 is 0 Å². The van der Waals surface area contributed by atoms with Crippen molar-refractivity contribution in [2.45, 2.75) is 19.5 Å². The van der Waals surface area contributed by atoms with Crippen molar-refractivity contribution in [3.63, 3.8) is 0 Å².